The van der Waals surface area contributed by atoms with Crippen LogP contribution in [0.1, 0.15) is 33.7 Å². The molecular weight excluding hydrogens is 264 g/mol. The van der Waals surface area contributed by atoms with Gasteiger partial charge in [-0.15, -0.1) is 0 Å². The number of benzene rings is 2. The molecule has 7 rings (SSSR count). The fourth-order valence-corrected chi connectivity index (χ4v) is 5.24. The van der Waals surface area contributed by atoms with E-state index in [0.29, 0.717) is 0 Å². The van der Waals surface area contributed by atoms with Crippen molar-refractivity contribution in [3.63, 3.8) is 0 Å². The van der Waals surface area contributed by atoms with Crippen LogP contribution in [-0.4, -0.2) is 11.9 Å². The molecule has 0 aromatic heterocycles. The van der Waals surface area contributed by atoms with Gasteiger partial charge < -0.3 is 4.74 Å². The Hall–Kier alpha value is -2.42. The summed E-state index contributed by atoms with van der Waals surface area (Å²) in [5.41, 5.74) is 5.74. The quantitative estimate of drug-likeness (QED) is 0.546. The first kappa shape index (κ1) is 10.3. The number of hydrogen-bond acceptors (Lipinski definition) is 3. The molecule has 1 fully saturated rings. The third kappa shape index (κ3) is 0.810. The van der Waals surface area contributed by atoms with Crippen molar-refractivity contribution in [1.29, 1.82) is 0 Å². The molecule has 1 spiro atoms. The molecule has 4 aliphatic carbocycles. The molecule has 2 aromatic carbocycles. The number of hydrogen-bond donors (Lipinski definition) is 0. The molecule has 1 heterocycles. The van der Waals surface area contributed by atoms with E-state index in [1.54, 1.807) is 0 Å². The van der Waals surface area contributed by atoms with E-state index in [4.69, 9.17) is 4.74 Å². The number of esters is 2. The molecule has 0 saturated carbocycles. The number of cyclic esters (lactones) is 2. The molecule has 2 aromatic rings. The Morgan fingerprint density at radius 2 is 1.62 bits per heavy atom. The van der Waals surface area contributed by atoms with Crippen LogP contribution >= 0.6 is 0 Å². The maximum absolute atomic E-state index is 12.3. The summed E-state index contributed by atoms with van der Waals surface area (Å²) in [5, 5.41) is 0. The van der Waals surface area contributed by atoms with Crippen molar-refractivity contribution >= 4 is 11.9 Å². The van der Waals surface area contributed by atoms with Gasteiger partial charge in [-0.2, -0.15) is 0 Å². The molecule has 1 aliphatic heterocycles. The highest BCUT2D eigenvalue weighted by Gasteiger charge is 2.75. The molecular formula is C18H10O3. The maximum Gasteiger partial charge on any atom is 0.319 e. The zero-order chi connectivity index (χ0) is 13.9. The Morgan fingerprint density at radius 1 is 0.857 bits per heavy atom. The SMILES string of the molecule is O=C1OC(=O)C2C1C1c3ccccc3C23c2cccc1c23. The van der Waals surface area contributed by atoms with Gasteiger partial charge in [0, 0.05) is 5.92 Å². The van der Waals surface area contributed by atoms with Crippen LogP contribution in [0.4, 0.5) is 0 Å². The summed E-state index contributed by atoms with van der Waals surface area (Å²) in [6.45, 7) is 0. The molecule has 0 N–H and O–H groups in total. The summed E-state index contributed by atoms with van der Waals surface area (Å²) in [4.78, 5) is 24.6. The molecule has 5 aliphatic rings. The van der Waals surface area contributed by atoms with Crippen molar-refractivity contribution in [1.82, 2.24) is 0 Å². The number of carbonyl (C=O) groups excluding carboxylic acids is 2. The molecule has 4 unspecified atom stereocenters. The van der Waals surface area contributed by atoms with Crippen LogP contribution in [0.15, 0.2) is 42.5 Å². The Bertz CT molecular complexity index is 897. The lowest BCUT2D eigenvalue weighted by atomic mass is 9.55. The van der Waals surface area contributed by atoms with Crippen LogP contribution in [0.2, 0.25) is 0 Å². The second-order valence-electron chi connectivity index (χ2n) is 6.39. The summed E-state index contributed by atoms with van der Waals surface area (Å²) >= 11 is 0. The van der Waals surface area contributed by atoms with Crippen LogP contribution < -0.4 is 0 Å². The second-order valence-corrected chi connectivity index (χ2v) is 6.39. The zero-order valence-electron chi connectivity index (χ0n) is 11.0. The predicted molar refractivity (Wildman–Crippen MR) is 72.7 cm³/mol. The highest BCUT2D eigenvalue weighted by molar-refractivity contribution is 6.04. The molecule has 0 amide bonds. The summed E-state index contributed by atoms with van der Waals surface area (Å²) in [6, 6.07) is 14.5. The van der Waals surface area contributed by atoms with Crippen LogP contribution in [0.5, 0.6) is 0 Å². The van der Waals surface area contributed by atoms with Crippen molar-refractivity contribution in [2.75, 3.05) is 0 Å². The van der Waals surface area contributed by atoms with E-state index in [2.05, 4.69) is 24.3 Å². The van der Waals surface area contributed by atoms with Crippen molar-refractivity contribution in [3.8, 4) is 0 Å². The van der Waals surface area contributed by atoms with Gasteiger partial charge >= 0.3 is 11.9 Å². The highest BCUT2D eigenvalue weighted by Crippen LogP contribution is 2.74. The lowest BCUT2D eigenvalue weighted by molar-refractivity contribution is -0.153. The van der Waals surface area contributed by atoms with Gasteiger partial charge in [0.1, 0.15) is 0 Å². The van der Waals surface area contributed by atoms with E-state index in [9.17, 15) is 9.59 Å². The first-order chi connectivity index (χ1) is 10.3. The topological polar surface area (TPSA) is 43.4 Å². The lowest BCUT2D eigenvalue weighted by Gasteiger charge is -2.42. The first-order valence-electron chi connectivity index (χ1n) is 7.25. The summed E-state index contributed by atoms with van der Waals surface area (Å²) in [7, 11) is 0. The minimum absolute atomic E-state index is 0.0236. The van der Waals surface area contributed by atoms with Crippen molar-refractivity contribution in [2.45, 2.75) is 11.3 Å². The van der Waals surface area contributed by atoms with E-state index in [1.165, 1.54) is 27.8 Å². The average Bonchev–Trinajstić information content (AvgIpc) is 3.08. The fourth-order valence-electron chi connectivity index (χ4n) is 5.24. The third-order valence-corrected chi connectivity index (χ3v) is 5.82. The van der Waals surface area contributed by atoms with Crippen molar-refractivity contribution in [2.24, 2.45) is 11.8 Å². The number of ether oxygens (including phenoxy) is 1. The molecule has 1 saturated heterocycles. The third-order valence-electron chi connectivity index (χ3n) is 5.82. The predicted octanol–water partition coefficient (Wildman–Crippen LogP) is 2.11. The lowest BCUT2D eigenvalue weighted by Crippen LogP contribution is -2.44. The van der Waals surface area contributed by atoms with Gasteiger partial charge in [0.15, 0.2) is 0 Å². The van der Waals surface area contributed by atoms with Gasteiger partial charge in [0.2, 0.25) is 0 Å². The van der Waals surface area contributed by atoms with Crippen LogP contribution in [0.3, 0.4) is 0 Å². The Kier molecular flexibility index (Phi) is 1.37. The summed E-state index contributed by atoms with van der Waals surface area (Å²) in [5.74, 6) is -1.41. The normalized spacial score (nSPS) is 35.9. The van der Waals surface area contributed by atoms with Crippen molar-refractivity contribution in [3.05, 3.63) is 70.3 Å². The minimum Gasteiger partial charge on any atom is -0.393 e. The number of rotatable bonds is 0. The van der Waals surface area contributed by atoms with Gasteiger partial charge in [-0.3, -0.25) is 9.59 Å². The van der Waals surface area contributed by atoms with E-state index >= 15 is 0 Å². The Morgan fingerprint density at radius 3 is 2.52 bits per heavy atom. The van der Waals surface area contributed by atoms with E-state index in [1.807, 2.05) is 18.2 Å². The van der Waals surface area contributed by atoms with Crippen LogP contribution in [-0.2, 0) is 19.7 Å². The molecule has 21 heavy (non-hydrogen) atoms. The monoisotopic (exact) mass is 274 g/mol. The molecule has 4 atom stereocenters. The highest BCUT2D eigenvalue weighted by atomic mass is 16.6. The molecule has 3 nitrogen and oxygen atoms in total. The fraction of sp³-hybridized carbons (Fsp3) is 0.222. The zero-order valence-corrected chi connectivity index (χ0v) is 11.0. The maximum atomic E-state index is 12.3. The second kappa shape index (κ2) is 2.80. The Labute approximate surface area is 120 Å². The van der Waals surface area contributed by atoms with Gasteiger partial charge in [-0.05, 0) is 27.8 Å². The Balaban J connectivity index is 1.81. The average molecular weight is 274 g/mol. The molecule has 0 radical (unpaired) electrons. The smallest absolute Gasteiger partial charge is 0.319 e. The van der Waals surface area contributed by atoms with Gasteiger partial charge in [0.05, 0.1) is 17.3 Å². The summed E-state index contributed by atoms with van der Waals surface area (Å²) < 4.78 is 5.02. The molecule has 3 heteroatoms. The minimum atomic E-state index is -0.377. The van der Waals surface area contributed by atoms with Crippen LogP contribution in [0, 0.1) is 11.8 Å². The standard InChI is InChI=1S/C18H10O3/c19-16-13-12-8-4-1-2-6-10(8)18(15(13)17(20)21-16)11-7-3-5-9(12)14(11)18/h1-7,12-13,15H. The van der Waals surface area contributed by atoms with E-state index in [0.717, 1.165) is 0 Å². The van der Waals surface area contributed by atoms with Gasteiger partial charge in [-0.1, -0.05) is 42.5 Å². The molecule has 100 valence electrons. The van der Waals surface area contributed by atoms with Gasteiger partial charge in [-0.25, -0.2) is 0 Å². The van der Waals surface area contributed by atoms with E-state index in [-0.39, 0.29) is 35.1 Å². The first-order valence-corrected chi connectivity index (χ1v) is 7.25. The number of carbonyl (C=O) groups is 2. The van der Waals surface area contributed by atoms with E-state index < -0.39 is 0 Å². The van der Waals surface area contributed by atoms with Gasteiger partial charge in [0.25, 0.3) is 0 Å². The molecule has 2 bridgehead atoms. The van der Waals surface area contributed by atoms with Crippen LogP contribution in [0.25, 0.3) is 0 Å². The van der Waals surface area contributed by atoms with Crippen molar-refractivity contribution < 1.29 is 14.3 Å². The summed E-state index contributed by atoms with van der Waals surface area (Å²) in [6.07, 6.45) is 0. The largest absolute Gasteiger partial charge is 0.393 e.